The van der Waals surface area contributed by atoms with Gasteiger partial charge in [0.25, 0.3) is 0 Å². The molecule has 1 unspecified atom stereocenters. The summed E-state index contributed by atoms with van der Waals surface area (Å²) in [6.45, 7) is 3.73. The highest BCUT2D eigenvalue weighted by molar-refractivity contribution is 6.31. The van der Waals surface area contributed by atoms with Gasteiger partial charge in [-0.05, 0) is 19.1 Å². The molecule has 0 aliphatic carbocycles. The lowest BCUT2D eigenvalue weighted by atomic mass is 10.00. The van der Waals surface area contributed by atoms with Crippen LogP contribution in [0.1, 0.15) is 29.8 Å². The number of aromatic nitrogens is 3. The van der Waals surface area contributed by atoms with Crippen molar-refractivity contribution < 1.29 is 14.3 Å². The van der Waals surface area contributed by atoms with Crippen molar-refractivity contribution in [3.05, 3.63) is 65.0 Å². The molecule has 0 saturated heterocycles. The predicted octanol–water partition coefficient (Wildman–Crippen LogP) is 4.58. The Bertz CT molecular complexity index is 1290. The fourth-order valence-corrected chi connectivity index (χ4v) is 4.57. The Morgan fingerprint density at radius 3 is 3.06 bits per heavy atom. The lowest BCUT2D eigenvalue weighted by Crippen LogP contribution is -2.42. The van der Waals surface area contributed by atoms with E-state index in [2.05, 4.69) is 28.2 Å². The van der Waals surface area contributed by atoms with Gasteiger partial charge in [0.05, 0.1) is 48.5 Å². The summed E-state index contributed by atoms with van der Waals surface area (Å²) in [4.78, 5) is 10.2. The second-order valence-electron chi connectivity index (χ2n) is 7.75. The van der Waals surface area contributed by atoms with Crippen LogP contribution in [0.15, 0.2) is 52.6 Å². The molecule has 5 rings (SSSR count). The van der Waals surface area contributed by atoms with Gasteiger partial charge >= 0.3 is 0 Å². The van der Waals surface area contributed by atoms with Crippen LogP contribution in [0.4, 0.5) is 5.82 Å². The van der Waals surface area contributed by atoms with Gasteiger partial charge in [-0.2, -0.15) is 0 Å². The molecule has 0 saturated carbocycles. The fourth-order valence-electron chi connectivity index (χ4n) is 4.34. The van der Waals surface area contributed by atoms with Crippen molar-refractivity contribution in [2.24, 2.45) is 0 Å². The van der Waals surface area contributed by atoms with Crippen LogP contribution in [0.5, 0.6) is 11.6 Å². The number of para-hydroxylation sites is 1. The van der Waals surface area contributed by atoms with Gasteiger partial charge in [0.15, 0.2) is 5.75 Å². The summed E-state index contributed by atoms with van der Waals surface area (Å²) in [5.41, 5.74) is 3.41. The number of benzene rings is 1. The van der Waals surface area contributed by atoms with Gasteiger partial charge in [-0.15, -0.1) is 0 Å². The highest BCUT2D eigenvalue weighted by atomic mass is 35.5. The second kappa shape index (κ2) is 8.29. The first-order chi connectivity index (χ1) is 15.6. The standard InChI is InChI=1S/C23H24ClN5O3/c1-14-17-4-3-5-18-21(17)27-22-19(10-26-13-29(14)22)20(30)12-32-7-6-25-9-16-8-15(24)11-28(16)23(18)31-2/h3-9,12,14,25-26,30H,10-11,13H2,1-2H3. The number of aromatic amines is 1. The third-order valence-electron chi connectivity index (χ3n) is 5.89. The van der Waals surface area contributed by atoms with Gasteiger partial charge in [0.1, 0.15) is 18.3 Å². The fraction of sp³-hybridized carbons (Fsp3) is 0.261. The van der Waals surface area contributed by atoms with E-state index in [9.17, 15) is 5.11 Å². The summed E-state index contributed by atoms with van der Waals surface area (Å²) >= 11 is 6.39. The van der Waals surface area contributed by atoms with Gasteiger partial charge in [-0.1, -0.05) is 23.7 Å². The Balaban J connectivity index is 1.99. The Labute approximate surface area is 190 Å². The molecule has 2 bridgehead atoms. The molecular weight excluding hydrogens is 430 g/mol. The summed E-state index contributed by atoms with van der Waals surface area (Å²) in [6.07, 6.45) is 8.08. The van der Waals surface area contributed by atoms with E-state index in [-0.39, 0.29) is 11.8 Å². The van der Waals surface area contributed by atoms with Crippen molar-refractivity contribution >= 4 is 34.4 Å². The number of fused-ring (bicyclic) bond motifs is 1. The highest BCUT2D eigenvalue weighted by Crippen LogP contribution is 2.40. The van der Waals surface area contributed by atoms with E-state index in [1.54, 1.807) is 13.3 Å². The normalized spacial score (nSPS) is 17.3. The van der Waals surface area contributed by atoms with Crippen LogP contribution < -0.4 is 15.0 Å². The van der Waals surface area contributed by atoms with Gasteiger partial charge in [-0.25, -0.2) is 4.98 Å². The lowest BCUT2D eigenvalue weighted by molar-refractivity contribution is 0.381. The van der Waals surface area contributed by atoms with E-state index < -0.39 is 0 Å². The third kappa shape index (κ3) is 3.41. The maximum atomic E-state index is 10.7. The van der Waals surface area contributed by atoms with Crippen molar-refractivity contribution in [2.45, 2.75) is 26.1 Å². The molecule has 8 nitrogen and oxygen atoms in total. The average molecular weight is 454 g/mol. The number of H-pyrrole nitrogens is 1. The van der Waals surface area contributed by atoms with E-state index in [1.165, 1.54) is 12.5 Å². The first-order valence-corrected chi connectivity index (χ1v) is 10.7. The number of nitrogens with zero attached hydrogens (tertiary/aromatic N) is 3. The number of rotatable bonds is 1. The van der Waals surface area contributed by atoms with E-state index >= 15 is 0 Å². The van der Waals surface area contributed by atoms with Crippen molar-refractivity contribution in [3.63, 3.8) is 0 Å². The molecule has 0 fully saturated rings. The molecule has 1 atom stereocenters. The molecule has 0 spiro atoms. The zero-order valence-corrected chi connectivity index (χ0v) is 18.6. The maximum absolute atomic E-state index is 10.7. The molecular formula is C23H24ClN5O3. The molecule has 9 heteroatoms. The molecule has 1 aromatic carbocycles. The summed E-state index contributed by atoms with van der Waals surface area (Å²) in [5, 5.41) is 15.6. The monoisotopic (exact) mass is 453 g/mol. The molecule has 1 aromatic heterocycles. The number of nitrogens with one attached hydrogen (secondary N) is 2. The minimum absolute atomic E-state index is 0.0261. The Morgan fingerprint density at radius 1 is 1.34 bits per heavy atom. The van der Waals surface area contributed by atoms with Gasteiger partial charge in [-0.3, -0.25) is 5.32 Å². The van der Waals surface area contributed by atoms with Crippen LogP contribution in [0, 0.1) is 0 Å². The minimum atomic E-state index is 0.0261. The molecule has 32 heavy (non-hydrogen) atoms. The highest BCUT2D eigenvalue weighted by Gasteiger charge is 2.30. The lowest BCUT2D eigenvalue weighted by Gasteiger charge is -2.38. The van der Waals surface area contributed by atoms with Gasteiger partial charge in [0, 0.05) is 29.5 Å². The van der Waals surface area contributed by atoms with Gasteiger partial charge in [0.2, 0.25) is 5.88 Å². The number of methoxy groups -OCH3 is 1. The number of hydrogen-bond donors (Lipinski definition) is 3. The molecule has 3 aliphatic rings. The second-order valence-corrected chi connectivity index (χ2v) is 8.24. The van der Waals surface area contributed by atoms with Crippen LogP contribution in [-0.4, -0.2) is 33.4 Å². The number of aromatic hydroxyl groups is 1. The minimum Gasteiger partial charge on any atom is -0.504 e. The topological polar surface area (TPSA) is 91.5 Å². The summed E-state index contributed by atoms with van der Waals surface area (Å²) in [7, 11) is 1.65. The maximum Gasteiger partial charge on any atom is 0.203 e. The number of halogens is 1. The van der Waals surface area contributed by atoms with Crippen LogP contribution >= 0.6 is 11.6 Å². The number of allylic oxidation sites excluding steroid dienone is 1. The molecule has 3 N–H and O–H groups in total. The summed E-state index contributed by atoms with van der Waals surface area (Å²) in [5.74, 6) is 1.39. The smallest absolute Gasteiger partial charge is 0.203 e. The van der Waals surface area contributed by atoms with Crippen LogP contribution in [0.2, 0.25) is 0 Å². The molecule has 3 aliphatic heterocycles. The van der Waals surface area contributed by atoms with E-state index in [0.29, 0.717) is 42.1 Å². The van der Waals surface area contributed by atoms with Crippen molar-refractivity contribution in [2.75, 3.05) is 18.7 Å². The molecule has 166 valence electrons. The summed E-state index contributed by atoms with van der Waals surface area (Å²) in [6, 6.07) is 6.13. The van der Waals surface area contributed by atoms with Gasteiger partial charge < -0.3 is 28.7 Å². The third-order valence-corrected chi connectivity index (χ3v) is 6.11. The molecule has 0 radical (unpaired) electrons. The Hall–Kier alpha value is -3.36. The van der Waals surface area contributed by atoms with Crippen molar-refractivity contribution in [3.8, 4) is 11.6 Å². The Morgan fingerprint density at radius 2 is 2.22 bits per heavy atom. The van der Waals surface area contributed by atoms with E-state index in [1.807, 2.05) is 29.0 Å². The van der Waals surface area contributed by atoms with Crippen LogP contribution in [0.25, 0.3) is 17.0 Å². The molecule has 0 amide bonds. The predicted molar refractivity (Wildman–Crippen MR) is 124 cm³/mol. The number of ether oxygens (including phenoxy) is 1. The van der Waals surface area contributed by atoms with E-state index in [0.717, 1.165) is 22.2 Å². The van der Waals surface area contributed by atoms with Crippen molar-refractivity contribution in [1.29, 1.82) is 0 Å². The first-order valence-electron chi connectivity index (χ1n) is 10.3. The zero-order valence-electron chi connectivity index (χ0n) is 17.8. The summed E-state index contributed by atoms with van der Waals surface area (Å²) < 4.78 is 13.3. The van der Waals surface area contributed by atoms with Crippen molar-refractivity contribution in [1.82, 2.24) is 19.9 Å². The molecule has 4 heterocycles. The Kier molecular flexibility index (Phi) is 5.32. The van der Waals surface area contributed by atoms with Crippen LogP contribution in [0.3, 0.4) is 0 Å². The largest absolute Gasteiger partial charge is 0.504 e. The van der Waals surface area contributed by atoms with E-state index in [4.69, 9.17) is 25.7 Å². The van der Waals surface area contributed by atoms with Crippen LogP contribution in [-0.2, 0) is 13.1 Å². The SMILES string of the molecule is COc1c2cccc3c2nc2c(c(O)cocc[nH]cc4n1CC(Cl)=C4)CNCN2C3C. The average Bonchev–Trinajstić information content (AvgIpc) is 3.16. The first kappa shape index (κ1) is 20.5. The quantitative estimate of drug-likeness (QED) is 0.585. The number of hydrogen-bond acceptors (Lipinski definition) is 6. The molecule has 2 aromatic rings. The number of anilines is 1. The zero-order chi connectivity index (χ0) is 22.2.